The van der Waals surface area contributed by atoms with E-state index in [1.807, 2.05) is 13.8 Å². The van der Waals surface area contributed by atoms with E-state index in [1.54, 1.807) is 6.92 Å². The molecule has 0 saturated heterocycles. The molecule has 86 valence electrons. The summed E-state index contributed by atoms with van der Waals surface area (Å²) in [5.41, 5.74) is 0. The molecule has 0 saturated carbocycles. The van der Waals surface area contributed by atoms with Gasteiger partial charge in [0, 0.05) is 6.42 Å². The first-order valence-electron chi connectivity index (χ1n) is 4.31. The third kappa shape index (κ3) is 9.23. The van der Waals surface area contributed by atoms with Gasteiger partial charge < -0.3 is 4.74 Å². The first kappa shape index (κ1) is 18.8. The van der Waals surface area contributed by atoms with Crippen LogP contribution in [0.5, 0.6) is 0 Å². The molecule has 0 heterocycles. The molecule has 0 aromatic rings. The molecule has 0 aromatic heterocycles. The summed E-state index contributed by atoms with van der Waals surface area (Å²) in [6.45, 7) is 5.48. The number of carbonyl (C=O) groups is 2. The summed E-state index contributed by atoms with van der Waals surface area (Å²) in [4.78, 5) is 21.7. The normalized spacial score (nSPS) is 10.5. The van der Waals surface area contributed by atoms with Gasteiger partial charge in [-0.2, -0.15) is 0 Å². The summed E-state index contributed by atoms with van der Waals surface area (Å²) in [7, 11) is 0. The monoisotopic (exact) mass is 204 g/mol. The minimum atomic E-state index is -0.406. The number of ketones is 1. The molecular formula is C11H24O3. The van der Waals surface area contributed by atoms with E-state index in [1.165, 1.54) is 0 Å². The summed E-state index contributed by atoms with van der Waals surface area (Å²) >= 11 is 0. The Hall–Kier alpha value is -0.860. The zero-order valence-corrected chi connectivity index (χ0v) is 7.92. The fourth-order valence-electron chi connectivity index (χ4n) is 0.635. The quantitative estimate of drug-likeness (QED) is 0.511. The second kappa shape index (κ2) is 10.2. The van der Waals surface area contributed by atoms with Crippen molar-refractivity contribution in [1.82, 2.24) is 0 Å². The van der Waals surface area contributed by atoms with E-state index in [2.05, 4.69) is 0 Å². The zero-order chi connectivity index (χ0) is 9.56. The Labute approximate surface area is 87.8 Å². The lowest BCUT2D eigenvalue weighted by Crippen LogP contribution is -2.16. The molecule has 0 bridgehead atoms. The van der Waals surface area contributed by atoms with E-state index in [-0.39, 0.29) is 33.2 Å². The van der Waals surface area contributed by atoms with Crippen LogP contribution in [-0.4, -0.2) is 17.9 Å². The van der Waals surface area contributed by atoms with E-state index < -0.39 is 5.97 Å². The number of ether oxygens (including phenoxy) is 1. The van der Waals surface area contributed by atoms with Gasteiger partial charge in [-0.25, -0.2) is 0 Å². The fraction of sp³-hybridized carbons (Fsp3) is 0.818. The molecule has 0 rings (SSSR count). The van der Waals surface area contributed by atoms with Crippen molar-refractivity contribution < 1.29 is 14.3 Å². The standard InChI is InChI=1S/C9H16O3.2CH4/c1-4-7(3)12-9(11)6-8(10)5-2;;/h7H,4-6H2,1-3H3;2*1H4. The van der Waals surface area contributed by atoms with Crippen molar-refractivity contribution in [3.05, 3.63) is 0 Å². The van der Waals surface area contributed by atoms with Gasteiger partial charge in [0.15, 0.2) is 0 Å². The van der Waals surface area contributed by atoms with Gasteiger partial charge in [0.05, 0.1) is 6.10 Å². The third-order valence-electron chi connectivity index (χ3n) is 1.64. The lowest BCUT2D eigenvalue weighted by atomic mass is 10.2. The highest BCUT2D eigenvalue weighted by molar-refractivity contribution is 5.95. The maximum absolute atomic E-state index is 10.9. The number of rotatable bonds is 5. The number of hydrogen-bond acceptors (Lipinski definition) is 3. The summed E-state index contributed by atoms with van der Waals surface area (Å²) in [5, 5.41) is 0. The van der Waals surface area contributed by atoms with Crippen LogP contribution in [0.4, 0.5) is 0 Å². The Morgan fingerprint density at radius 1 is 1.21 bits per heavy atom. The molecular weight excluding hydrogens is 180 g/mol. The molecule has 0 spiro atoms. The van der Waals surface area contributed by atoms with Gasteiger partial charge in [-0.1, -0.05) is 28.7 Å². The van der Waals surface area contributed by atoms with Crippen LogP contribution >= 0.6 is 0 Å². The smallest absolute Gasteiger partial charge is 0.313 e. The Morgan fingerprint density at radius 3 is 2.07 bits per heavy atom. The summed E-state index contributed by atoms with van der Waals surface area (Å²) < 4.78 is 4.91. The first-order chi connectivity index (χ1) is 5.60. The Morgan fingerprint density at radius 2 is 1.71 bits per heavy atom. The average Bonchev–Trinajstić information content (AvgIpc) is 2.03. The molecule has 1 atom stereocenters. The molecule has 0 aliphatic rings. The van der Waals surface area contributed by atoms with E-state index in [0.717, 1.165) is 6.42 Å². The number of Topliss-reactive ketones (excluding diaryl/α,β-unsaturated/α-hetero) is 1. The molecule has 0 radical (unpaired) electrons. The van der Waals surface area contributed by atoms with Crippen LogP contribution in [-0.2, 0) is 14.3 Å². The van der Waals surface area contributed by atoms with Crippen molar-refractivity contribution in [1.29, 1.82) is 0 Å². The van der Waals surface area contributed by atoms with Crippen molar-refractivity contribution in [3.63, 3.8) is 0 Å². The van der Waals surface area contributed by atoms with Crippen LogP contribution < -0.4 is 0 Å². The van der Waals surface area contributed by atoms with Gasteiger partial charge in [0.2, 0.25) is 0 Å². The van der Waals surface area contributed by atoms with Gasteiger partial charge in [-0.05, 0) is 13.3 Å². The maximum atomic E-state index is 10.9. The summed E-state index contributed by atoms with van der Waals surface area (Å²) in [5.74, 6) is -0.473. The van der Waals surface area contributed by atoms with Crippen molar-refractivity contribution in [2.75, 3.05) is 0 Å². The molecule has 0 N–H and O–H groups in total. The minimum absolute atomic E-state index is 0. The van der Waals surface area contributed by atoms with Crippen molar-refractivity contribution in [3.8, 4) is 0 Å². The van der Waals surface area contributed by atoms with Gasteiger partial charge in [-0.15, -0.1) is 0 Å². The predicted octanol–water partition coefficient (Wildman–Crippen LogP) is 2.97. The maximum Gasteiger partial charge on any atom is 0.313 e. The van der Waals surface area contributed by atoms with Gasteiger partial charge >= 0.3 is 5.97 Å². The van der Waals surface area contributed by atoms with Crippen LogP contribution in [0.1, 0.15) is 54.9 Å². The first-order valence-corrected chi connectivity index (χ1v) is 4.31. The number of hydrogen-bond donors (Lipinski definition) is 0. The summed E-state index contributed by atoms with van der Waals surface area (Å²) in [6, 6.07) is 0. The third-order valence-corrected chi connectivity index (χ3v) is 1.64. The van der Waals surface area contributed by atoms with E-state index in [4.69, 9.17) is 4.74 Å². The Kier molecular flexibility index (Phi) is 13.8. The van der Waals surface area contributed by atoms with Crippen molar-refractivity contribution >= 4 is 11.8 Å². The SMILES string of the molecule is C.C.CCC(=O)CC(=O)OC(C)CC. The average molecular weight is 204 g/mol. The molecule has 3 heteroatoms. The van der Waals surface area contributed by atoms with Gasteiger partial charge in [-0.3, -0.25) is 9.59 Å². The number of carbonyl (C=O) groups excluding carboxylic acids is 2. The van der Waals surface area contributed by atoms with E-state index in [9.17, 15) is 9.59 Å². The topological polar surface area (TPSA) is 43.4 Å². The van der Waals surface area contributed by atoms with Crippen molar-refractivity contribution in [2.45, 2.75) is 61.0 Å². The molecule has 0 fully saturated rings. The molecule has 0 aromatic carbocycles. The van der Waals surface area contributed by atoms with Crippen LogP contribution in [0.25, 0.3) is 0 Å². The second-order valence-electron chi connectivity index (χ2n) is 2.78. The van der Waals surface area contributed by atoms with Crippen LogP contribution in [0, 0.1) is 0 Å². The molecule has 1 unspecified atom stereocenters. The molecule has 0 aliphatic carbocycles. The fourth-order valence-corrected chi connectivity index (χ4v) is 0.635. The highest BCUT2D eigenvalue weighted by Gasteiger charge is 2.11. The van der Waals surface area contributed by atoms with Crippen LogP contribution in [0.3, 0.4) is 0 Å². The molecule has 3 nitrogen and oxygen atoms in total. The molecule has 14 heavy (non-hydrogen) atoms. The van der Waals surface area contributed by atoms with Gasteiger partial charge in [0.25, 0.3) is 0 Å². The zero-order valence-electron chi connectivity index (χ0n) is 7.92. The number of esters is 1. The highest BCUT2D eigenvalue weighted by Crippen LogP contribution is 2.00. The highest BCUT2D eigenvalue weighted by atomic mass is 16.5. The van der Waals surface area contributed by atoms with Gasteiger partial charge in [0.1, 0.15) is 12.2 Å². The summed E-state index contributed by atoms with van der Waals surface area (Å²) in [6.07, 6.45) is 1.02. The lowest BCUT2D eigenvalue weighted by Gasteiger charge is -2.09. The second-order valence-corrected chi connectivity index (χ2v) is 2.78. The lowest BCUT2D eigenvalue weighted by molar-refractivity contribution is -0.150. The molecule has 0 aliphatic heterocycles. The van der Waals surface area contributed by atoms with E-state index in [0.29, 0.717) is 6.42 Å². The largest absolute Gasteiger partial charge is 0.462 e. The van der Waals surface area contributed by atoms with Crippen LogP contribution in [0.2, 0.25) is 0 Å². The molecule has 0 amide bonds. The Balaban J connectivity index is -0.000000605. The van der Waals surface area contributed by atoms with Crippen LogP contribution in [0.15, 0.2) is 0 Å². The Bertz CT molecular complexity index is 164. The van der Waals surface area contributed by atoms with Crippen molar-refractivity contribution in [2.24, 2.45) is 0 Å². The predicted molar refractivity (Wildman–Crippen MR) is 59.2 cm³/mol. The minimum Gasteiger partial charge on any atom is -0.462 e. The van der Waals surface area contributed by atoms with E-state index >= 15 is 0 Å².